The van der Waals surface area contributed by atoms with Crippen LogP contribution in [-0.4, -0.2) is 33.4 Å². The van der Waals surface area contributed by atoms with Gasteiger partial charge in [0.1, 0.15) is 6.54 Å². The molecule has 0 atom stereocenters. The number of amides is 1. The number of sulfonamides is 1. The van der Waals surface area contributed by atoms with Gasteiger partial charge >= 0.3 is 0 Å². The lowest BCUT2D eigenvalue weighted by Crippen LogP contribution is -2.35. The third kappa shape index (κ3) is 2.70. The van der Waals surface area contributed by atoms with Crippen LogP contribution in [0, 0.1) is 0 Å². The molecule has 0 unspecified atom stereocenters. The Balaban J connectivity index is 1.48. The molecule has 1 N–H and O–H groups in total. The van der Waals surface area contributed by atoms with Crippen LogP contribution in [0.4, 0.5) is 11.4 Å². The highest BCUT2D eigenvalue weighted by Crippen LogP contribution is 2.42. The Morgan fingerprint density at radius 3 is 2.50 bits per heavy atom. The van der Waals surface area contributed by atoms with E-state index in [1.165, 1.54) is 25.1 Å². The highest BCUT2D eigenvalue weighted by molar-refractivity contribution is 7.93. The van der Waals surface area contributed by atoms with Crippen molar-refractivity contribution in [3.05, 3.63) is 54.1 Å². The van der Waals surface area contributed by atoms with Gasteiger partial charge in [-0.2, -0.15) is 0 Å². The zero-order valence-corrected chi connectivity index (χ0v) is 16.7. The van der Waals surface area contributed by atoms with E-state index < -0.39 is 22.5 Å². The van der Waals surface area contributed by atoms with Gasteiger partial charge in [-0.05, 0) is 30.5 Å². The zero-order valence-electron chi connectivity index (χ0n) is 15.8. The molecule has 8 nitrogen and oxygen atoms in total. The Labute approximate surface area is 172 Å². The molecule has 0 bridgehead atoms. The number of fused-ring (bicyclic) bond motifs is 1. The Kier molecular flexibility index (Phi) is 3.97. The van der Waals surface area contributed by atoms with Crippen LogP contribution in [0.1, 0.15) is 17.3 Å². The van der Waals surface area contributed by atoms with Crippen molar-refractivity contribution >= 4 is 43.9 Å². The van der Waals surface area contributed by atoms with Crippen molar-refractivity contribution in [2.45, 2.75) is 11.8 Å². The standard InChI is InChI=1S/C21H16N2O6S/c1-12(24)14-8-17-18(29-11-28-17)9-15(14)22-20(25)10-23-16-6-2-4-13-5-3-7-19(21(13)16)30(23,26)27/h2-9H,10-11H2,1H3,(H,22,25). The van der Waals surface area contributed by atoms with Crippen LogP contribution >= 0.6 is 0 Å². The first kappa shape index (κ1) is 18.4. The predicted molar refractivity (Wildman–Crippen MR) is 110 cm³/mol. The number of benzene rings is 3. The molecule has 5 rings (SSSR count). The molecule has 2 aliphatic heterocycles. The highest BCUT2D eigenvalue weighted by Gasteiger charge is 2.36. The summed E-state index contributed by atoms with van der Waals surface area (Å²) in [6.07, 6.45) is 0. The SMILES string of the molecule is CC(=O)c1cc2c(cc1NC(=O)CN1c3cccc4cccc(c34)S1(=O)=O)OCO2. The molecule has 3 aromatic rings. The summed E-state index contributed by atoms with van der Waals surface area (Å²) in [6, 6.07) is 13.3. The molecule has 152 valence electrons. The van der Waals surface area contributed by atoms with Crippen LogP contribution in [0.25, 0.3) is 10.8 Å². The van der Waals surface area contributed by atoms with Gasteiger partial charge in [0.05, 0.1) is 16.3 Å². The molecule has 9 heteroatoms. The summed E-state index contributed by atoms with van der Waals surface area (Å²) < 4.78 is 37.7. The molecule has 30 heavy (non-hydrogen) atoms. The molecule has 0 spiro atoms. The minimum Gasteiger partial charge on any atom is -0.454 e. The van der Waals surface area contributed by atoms with E-state index in [1.54, 1.807) is 18.2 Å². The lowest BCUT2D eigenvalue weighted by Gasteiger charge is -2.19. The third-order valence-electron chi connectivity index (χ3n) is 5.13. The van der Waals surface area contributed by atoms with E-state index in [0.29, 0.717) is 22.6 Å². The number of ketones is 1. The number of nitrogens with one attached hydrogen (secondary N) is 1. The van der Waals surface area contributed by atoms with E-state index in [-0.39, 0.29) is 28.7 Å². The second-order valence-corrected chi connectivity index (χ2v) is 8.83. The number of carbonyl (C=O) groups is 2. The van der Waals surface area contributed by atoms with Crippen molar-refractivity contribution in [1.29, 1.82) is 0 Å². The van der Waals surface area contributed by atoms with Crippen molar-refractivity contribution in [1.82, 2.24) is 0 Å². The molecular weight excluding hydrogens is 408 g/mol. The van der Waals surface area contributed by atoms with E-state index in [2.05, 4.69) is 5.32 Å². The molecule has 2 heterocycles. The van der Waals surface area contributed by atoms with Gasteiger partial charge in [0.25, 0.3) is 10.0 Å². The number of Topliss-reactive ketones (excluding diaryl/α,β-unsaturated/α-hetero) is 1. The topological polar surface area (TPSA) is 102 Å². The Hall–Kier alpha value is -3.59. The lowest BCUT2D eigenvalue weighted by atomic mass is 10.1. The molecule has 0 aromatic heterocycles. The van der Waals surface area contributed by atoms with Crippen LogP contribution < -0.4 is 19.1 Å². The summed E-state index contributed by atoms with van der Waals surface area (Å²) in [6.45, 7) is 0.968. The average molecular weight is 424 g/mol. The van der Waals surface area contributed by atoms with E-state index in [9.17, 15) is 18.0 Å². The normalized spacial score (nSPS) is 15.4. The minimum absolute atomic E-state index is 0.0262. The van der Waals surface area contributed by atoms with Crippen molar-refractivity contribution in [2.75, 3.05) is 23.0 Å². The second-order valence-electron chi connectivity index (χ2n) is 7.00. The fraction of sp³-hybridized carbons (Fsp3) is 0.143. The Morgan fingerprint density at radius 2 is 1.77 bits per heavy atom. The summed E-state index contributed by atoms with van der Waals surface area (Å²) in [5.74, 6) is -0.0250. The maximum atomic E-state index is 13.0. The molecular formula is C21H16N2O6S. The van der Waals surface area contributed by atoms with Gasteiger partial charge < -0.3 is 14.8 Å². The molecule has 0 aliphatic carbocycles. The van der Waals surface area contributed by atoms with E-state index in [0.717, 1.165) is 9.69 Å². The molecule has 0 fully saturated rings. The quantitative estimate of drug-likeness (QED) is 0.646. The Bertz CT molecular complexity index is 1340. The fourth-order valence-corrected chi connectivity index (χ4v) is 5.45. The molecule has 0 radical (unpaired) electrons. The summed E-state index contributed by atoms with van der Waals surface area (Å²) in [7, 11) is -3.86. The lowest BCUT2D eigenvalue weighted by molar-refractivity contribution is -0.114. The number of nitrogens with zero attached hydrogens (tertiary/aromatic N) is 1. The van der Waals surface area contributed by atoms with E-state index >= 15 is 0 Å². The van der Waals surface area contributed by atoms with Crippen LogP contribution in [0.2, 0.25) is 0 Å². The predicted octanol–water partition coefficient (Wildman–Crippen LogP) is 2.92. The molecule has 0 saturated heterocycles. The van der Waals surface area contributed by atoms with Gasteiger partial charge in [0, 0.05) is 17.0 Å². The largest absolute Gasteiger partial charge is 0.454 e. The van der Waals surface area contributed by atoms with Crippen molar-refractivity contribution in [2.24, 2.45) is 0 Å². The zero-order chi connectivity index (χ0) is 21.0. The summed E-state index contributed by atoms with van der Waals surface area (Å²) >= 11 is 0. The van der Waals surface area contributed by atoms with Gasteiger partial charge in [0.15, 0.2) is 17.3 Å². The van der Waals surface area contributed by atoms with Gasteiger partial charge in [-0.15, -0.1) is 0 Å². The summed E-state index contributed by atoms with van der Waals surface area (Å²) in [5, 5.41) is 4.02. The maximum Gasteiger partial charge on any atom is 0.265 e. The molecule has 0 saturated carbocycles. The van der Waals surface area contributed by atoms with Crippen LogP contribution in [0.15, 0.2) is 53.4 Å². The molecule has 1 amide bonds. The summed E-state index contributed by atoms with van der Waals surface area (Å²) in [5.41, 5.74) is 0.946. The van der Waals surface area contributed by atoms with Gasteiger partial charge in [-0.1, -0.05) is 24.3 Å². The van der Waals surface area contributed by atoms with Crippen molar-refractivity contribution in [3.63, 3.8) is 0 Å². The number of carbonyl (C=O) groups excluding carboxylic acids is 2. The fourth-order valence-electron chi connectivity index (χ4n) is 3.79. The van der Waals surface area contributed by atoms with Crippen LogP contribution in [0.5, 0.6) is 11.5 Å². The smallest absolute Gasteiger partial charge is 0.265 e. The number of hydrogen-bond acceptors (Lipinski definition) is 6. The number of anilines is 2. The number of hydrogen-bond donors (Lipinski definition) is 1. The highest BCUT2D eigenvalue weighted by atomic mass is 32.2. The third-order valence-corrected chi connectivity index (χ3v) is 6.94. The van der Waals surface area contributed by atoms with Crippen LogP contribution in [0.3, 0.4) is 0 Å². The number of ether oxygens (including phenoxy) is 2. The number of rotatable bonds is 4. The van der Waals surface area contributed by atoms with Gasteiger partial charge in [0.2, 0.25) is 12.7 Å². The van der Waals surface area contributed by atoms with Crippen molar-refractivity contribution < 1.29 is 27.5 Å². The summed E-state index contributed by atoms with van der Waals surface area (Å²) in [4.78, 5) is 25.0. The average Bonchev–Trinajstić information content (AvgIpc) is 3.25. The van der Waals surface area contributed by atoms with Crippen LogP contribution in [-0.2, 0) is 14.8 Å². The van der Waals surface area contributed by atoms with Gasteiger partial charge in [-0.25, -0.2) is 8.42 Å². The first-order chi connectivity index (χ1) is 14.4. The van der Waals surface area contributed by atoms with Gasteiger partial charge in [-0.3, -0.25) is 13.9 Å². The monoisotopic (exact) mass is 424 g/mol. The van der Waals surface area contributed by atoms with Crippen molar-refractivity contribution in [3.8, 4) is 11.5 Å². The molecule has 3 aromatic carbocycles. The van der Waals surface area contributed by atoms with E-state index in [1.807, 2.05) is 12.1 Å². The minimum atomic E-state index is -3.86. The maximum absolute atomic E-state index is 13.0. The Morgan fingerprint density at radius 1 is 1.07 bits per heavy atom. The second kappa shape index (κ2) is 6.46. The first-order valence-corrected chi connectivity index (χ1v) is 10.6. The molecule has 2 aliphatic rings. The first-order valence-electron chi connectivity index (χ1n) is 9.15. The van der Waals surface area contributed by atoms with E-state index in [4.69, 9.17) is 9.47 Å².